The maximum atomic E-state index is 12.5. The van der Waals surface area contributed by atoms with Gasteiger partial charge in [0.1, 0.15) is 5.82 Å². The van der Waals surface area contributed by atoms with Crippen LogP contribution in [0.5, 0.6) is 0 Å². The molecule has 1 rings (SSSR count). The Labute approximate surface area is 57.6 Å². The van der Waals surface area contributed by atoms with Gasteiger partial charge in [-0.25, -0.2) is 4.39 Å². The van der Waals surface area contributed by atoms with Crippen LogP contribution in [0.25, 0.3) is 0 Å². The van der Waals surface area contributed by atoms with Crippen LogP contribution in [0.4, 0.5) is 4.39 Å². The third kappa shape index (κ3) is 1.31. The lowest BCUT2D eigenvalue weighted by Gasteiger charge is -1.90. The smallest absolute Gasteiger partial charge is 0.140 e. The lowest BCUT2D eigenvalue weighted by Crippen LogP contribution is -1.85. The van der Waals surface area contributed by atoms with E-state index < -0.39 is 5.82 Å². The van der Waals surface area contributed by atoms with Crippen LogP contribution in [0.15, 0.2) is 23.4 Å². The van der Waals surface area contributed by atoms with Gasteiger partial charge in [0, 0.05) is 11.6 Å². The van der Waals surface area contributed by atoms with Gasteiger partial charge in [-0.1, -0.05) is 23.4 Å². The Morgan fingerprint density at radius 2 is 2.50 bits per heavy atom. The second-order valence-electron chi connectivity index (χ2n) is 1.68. The molecule has 0 aromatic heterocycles. The molecule has 1 aromatic carbocycles. The van der Waals surface area contributed by atoms with E-state index in [9.17, 15) is 4.39 Å². The highest BCUT2D eigenvalue weighted by atomic mass is 19.1. The highest BCUT2D eigenvalue weighted by molar-refractivity contribution is 5.79. The number of halogens is 1. The Balaban J connectivity index is 3.03. The Bertz CT molecular complexity index is 247. The molecule has 0 bridgehead atoms. The molecular formula is C7H5FNO. The van der Waals surface area contributed by atoms with Crippen molar-refractivity contribution in [2.45, 2.75) is 0 Å². The van der Waals surface area contributed by atoms with Gasteiger partial charge in [-0.3, -0.25) is 0 Å². The summed E-state index contributed by atoms with van der Waals surface area (Å²) in [5, 5.41) is 10.7. The molecule has 0 heterocycles. The molecule has 3 heteroatoms. The summed E-state index contributed by atoms with van der Waals surface area (Å²) in [7, 11) is 0. The van der Waals surface area contributed by atoms with Gasteiger partial charge in [0.15, 0.2) is 0 Å². The molecule has 1 aromatic rings. The first-order valence-electron chi connectivity index (χ1n) is 2.68. The van der Waals surface area contributed by atoms with E-state index in [-0.39, 0.29) is 5.56 Å². The summed E-state index contributed by atoms with van der Waals surface area (Å²) in [5.74, 6) is -0.514. The molecule has 0 saturated heterocycles. The molecule has 0 amide bonds. The number of nitrogens with zero attached hydrogens (tertiary/aromatic N) is 1. The molecule has 0 aliphatic rings. The topological polar surface area (TPSA) is 32.6 Å². The van der Waals surface area contributed by atoms with E-state index in [4.69, 9.17) is 5.21 Å². The maximum Gasteiger partial charge on any atom is 0.140 e. The van der Waals surface area contributed by atoms with Crippen LogP contribution in [-0.4, -0.2) is 11.4 Å². The normalized spacial score (nSPS) is 10.5. The van der Waals surface area contributed by atoms with Crippen LogP contribution in [0.3, 0.4) is 0 Å². The number of benzene rings is 1. The van der Waals surface area contributed by atoms with Gasteiger partial charge in [-0.2, -0.15) is 0 Å². The molecule has 2 nitrogen and oxygen atoms in total. The summed E-state index contributed by atoms with van der Waals surface area (Å²) in [6, 6.07) is 6.87. The first-order valence-corrected chi connectivity index (χ1v) is 2.68. The van der Waals surface area contributed by atoms with Gasteiger partial charge < -0.3 is 5.21 Å². The van der Waals surface area contributed by atoms with Crippen LogP contribution >= 0.6 is 0 Å². The first-order chi connectivity index (χ1) is 4.84. The minimum absolute atomic E-state index is 0.227. The van der Waals surface area contributed by atoms with Gasteiger partial charge >= 0.3 is 0 Å². The van der Waals surface area contributed by atoms with Crippen molar-refractivity contribution in [3.05, 3.63) is 35.6 Å². The molecule has 0 spiro atoms. The summed E-state index contributed by atoms with van der Waals surface area (Å²) < 4.78 is 12.5. The van der Waals surface area contributed by atoms with Crippen molar-refractivity contribution in [1.82, 2.24) is 0 Å². The zero-order valence-corrected chi connectivity index (χ0v) is 5.08. The lowest BCUT2D eigenvalue weighted by atomic mass is 10.2. The van der Waals surface area contributed by atoms with Crippen molar-refractivity contribution in [3.63, 3.8) is 0 Å². The molecule has 0 aliphatic carbocycles. The fourth-order valence-electron chi connectivity index (χ4n) is 0.591. The number of hydrogen-bond donors (Lipinski definition) is 1. The minimum Gasteiger partial charge on any atom is -0.411 e. The predicted octanol–water partition coefficient (Wildman–Crippen LogP) is 1.43. The molecule has 1 N–H and O–H groups in total. The zero-order chi connectivity index (χ0) is 7.40. The van der Waals surface area contributed by atoms with Crippen LogP contribution < -0.4 is 0 Å². The molecule has 10 heavy (non-hydrogen) atoms. The van der Waals surface area contributed by atoms with Gasteiger partial charge in [0.05, 0.1) is 6.21 Å². The minimum atomic E-state index is -0.514. The Morgan fingerprint density at radius 1 is 1.70 bits per heavy atom. The Hall–Kier alpha value is -1.38. The summed E-state index contributed by atoms with van der Waals surface area (Å²) in [4.78, 5) is 0. The van der Waals surface area contributed by atoms with Gasteiger partial charge in [-0.05, 0) is 0 Å². The maximum absolute atomic E-state index is 12.5. The Morgan fingerprint density at radius 3 is 3.10 bits per heavy atom. The monoisotopic (exact) mass is 138 g/mol. The van der Waals surface area contributed by atoms with Gasteiger partial charge in [-0.15, -0.1) is 0 Å². The zero-order valence-electron chi connectivity index (χ0n) is 5.08. The largest absolute Gasteiger partial charge is 0.411 e. The van der Waals surface area contributed by atoms with Crippen molar-refractivity contribution >= 4 is 6.21 Å². The molecule has 0 atom stereocenters. The fourth-order valence-corrected chi connectivity index (χ4v) is 0.591. The summed E-state index contributed by atoms with van der Waals surface area (Å²) in [6.07, 6.45) is 1.02. The molecule has 1 radical (unpaired) electrons. The van der Waals surface area contributed by atoms with Crippen molar-refractivity contribution in [2.75, 3.05) is 0 Å². The average Bonchev–Trinajstić information content (AvgIpc) is 1.94. The molecule has 0 aliphatic heterocycles. The number of hydrogen-bond acceptors (Lipinski definition) is 2. The number of oxime groups is 1. The first kappa shape index (κ1) is 6.74. The molecule has 0 fully saturated rings. The molecule has 0 saturated carbocycles. The van der Waals surface area contributed by atoms with Gasteiger partial charge in [0.25, 0.3) is 0 Å². The van der Waals surface area contributed by atoms with Crippen LogP contribution in [0.1, 0.15) is 5.56 Å². The standard InChI is InChI=1S/C7H5FNO/c8-7-4-2-1-3-6(7)5-9-10/h1-3,5,10H/b9-5-. The third-order valence-electron chi connectivity index (χ3n) is 1.03. The molecule has 51 valence electrons. The fraction of sp³-hybridized carbons (Fsp3) is 0. The average molecular weight is 138 g/mol. The van der Waals surface area contributed by atoms with Crippen LogP contribution in [0.2, 0.25) is 0 Å². The highest BCUT2D eigenvalue weighted by Crippen LogP contribution is 2.01. The molecular weight excluding hydrogens is 133 g/mol. The van der Waals surface area contributed by atoms with Gasteiger partial charge in [0.2, 0.25) is 0 Å². The van der Waals surface area contributed by atoms with Crippen molar-refractivity contribution in [1.29, 1.82) is 0 Å². The van der Waals surface area contributed by atoms with Crippen molar-refractivity contribution in [2.24, 2.45) is 5.16 Å². The lowest BCUT2D eigenvalue weighted by molar-refractivity contribution is 0.321. The van der Waals surface area contributed by atoms with E-state index >= 15 is 0 Å². The van der Waals surface area contributed by atoms with E-state index in [2.05, 4.69) is 11.2 Å². The molecule has 0 unspecified atom stereocenters. The van der Waals surface area contributed by atoms with Crippen LogP contribution in [0, 0.1) is 11.9 Å². The summed E-state index contributed by atoms with van der Waals surface area (Å²) in [6.45, 7) is 0. The van der Waals surface area contributed by atoms with E-state index in [1.165, 1.54) is 12.1 Å². The van der Waals surface area contributed by atoms with E-state index in [0.717, 1.165) is 6.21 Å². The second kappa shape index (κ2) is 2.96. The third-order valence-corrected chi connectivity index (χ3v) is 1.03. The van der Waals surface area contributed by atoms with Crippen molar-refractivity contribution in [3.8, 4) is 0 Å². The van der Waals surface area contributed by atoms with Crippen molar-refractivity contribution < 1.29 is 9.60 Å². The summed E-state index contributed by atoms with van der Waals surface area (Å²) in [5.41, 5.74) is 0.227. The van der Waals surface area contributed by atoms with E-state index in [0.29, 0.717) is 0 Å². The Kier molecular flexibility index (Phi) is 1.99. The predicted molar refractivity (Wildman–Crippen MR) is 34.6 cm³/mol. The van der Waals surface area contributed by atoms with Crippen LogP contribution in [-0.2, 0) is 0 Å². The van der Waals surface area contributed by atoms with E-state index in [1.54, 1.807) is 6.07 Å². The highest BCUT2D eigenvalue weighted by Gasteiger charge is 1.94. The second-order valence-corrected chi connectivity index (χ2v) is 1.68. The SMILES string of the molecule is O/N=C\c1ccc[c]c1F. The quantitative estimate of drug-likeness (QED) is 0.355. The number of rotatable bonds is 1. The summed E-state index contributed by atoms with van der Waals surface area (Å²) >= 11 is 0. The van der Waals surface area contributed by atoms with E-state index in [1.807, 2.05) is 0 Å².